The number of nitrogens with one attached hydrogen (secondary N) is 1. The van der Waals surface area contributed by atoms with E-state index < -0.39 is 0 Å². The molecule has 0 fully saturated rings. The van der Waals surface area contributed by atoms with E-state index in [2.05, 4.69) is 25.2 Å². The van der Waals surface area contributed by atoms with E-state index in [0.29, 0.717) is 6.04 Å². The average molecular weight is 264 g/mol. The predicted molar refractivity (Wildman–Crippen MR) is 76.3 cm³/mol. The lowest BCUT2D eigenvalue weighted by Crippen LogP contribution is -2.16. The molecule has 1 aromatic carbocycles. The summed E-state index contributed by atoms with van der Waals surface area (Å²) in [5.74, 6) is 1.03. The molecule has 0 aliphatic rings. The van der Waals surface area contributed by atoms with Gasteiger partial charge in [-0.15, -0.1) is 0 Å². The van der Waals surface area contributed by atoms with Crippen LogP contribution in [0.5, 0.6) is 0 Å². The lowest BCUT2D eigenvalue weighted by Gasteiger charge is -2.17. The van der Waals surface area contributed by atoms with Gasteiger partial charge in [0.2, 0.25) is 0 Å². The summed E-state index contributed by atoms with van der Waals surface area (Å²) in [6, 6.07) is 10.2. The molecular formula is C15H18ClNO. The van der Waals surface area contributed by atoms with Crippen LogP contribution in [0.15, 0.2) is 41.0 Å². The Morgan fingerprint density at radius 3 is 2.78 bits per heavy atom. The van der Waals surface area contributed by atoms with Crippen molar-refractivity contribution in [2.75, 3.05) is 5.32 Å². The van der Waals surface area contributed by atoms with E-state index in [-0.39, 0.29) is 0 Å². The second-order valence-corrected chi connectivity index (χ2v) is 5.00. The summed E-state index contributed by atoms with van der Waals surface area (Å²) in [5.41, 5.74) is 2.21. The van der Waals surface area contributed by atoms with Crippen LogP contribution < -0.4 is 5.32 Å². The van der Waals surface area contributed by atoms with Crippen LogP contribution >= 0.6 is 11.6 Å². The van der Waals surface area contributed by atoms with Crippen molar-refractivity contribution < 1.29 is 4.42 Å². The SMILES string of the molecule is Cc1cccc(Cl)c1NC(C)CCc1ccco1. The minimum absolute atomic E-state index is 0.355. The maximum atomic E-state index is 6.19. The standard InChI is InChI=1S/C15H18ClNO/c1-11-5-3-7-14(16)15(11)17-12(2)8-9-13-6-4-10-18-13/h3-7,10,12,17H,8-9H2,1-2H3. The lowest BCUT2D eigenvalue weighted by molar-refractivity contribution is 0.495. The summed E-state index contributed by atoms with van der Waals surface area (Å²) in [7, 11) is 0. The smallest absolute Gasteiger partial charge is 0.103 e. The van der Waals surface area contributed by atoms with Gasteiger partial charge in [0, 0.05) is 12.5 Å². The Bertz CT molecular complexity index is 473. The van der Waals surface area contributed by atoms with E-state index >= 15 is 0 Å². The van der Waals surface area contributed by atoms with Crippen LogP contribution in [0.4, 0.5) is 5.69 Å². The molecule has 0 saturated heterocycles. The summed E-state index contributed by atoms with van der Waals surface area (Å²) in [5, 5.41) is 4.24. The molecule has 0 bridgehead atoms. The van der Waals surface area contributed by atoms with Gasteiger partial charge >= 0.3 is 0 Å². The molecule has 18 heavy (non-hydrogen) atoms. The summed E-state index contributed by atoms with van der Waals surface area (Å²) in [4.78, 5) is 0. The first kappa shape index (κ1) is 13.0. The van der Waals surface area contributed by atoms with Crippen molar-refractivity contribution in [3.8, 4) is 0 Å². The number of hydrogen-bond donors (Lipinski definition) is 1. The molecule has 0 amide bonds. The van der Waals surface area contributed by atoms with Gasteiger partial charge in [-0.2, -0.15) is 0 Å². The van der Waals surface area contributed by atoms with E-state index in [1.165, 1.54) is 5.56 Å². The van der Waals surface area contributed by atoms with Gasteiger partial charge in [-0.25, -0.2) is 0 Å². The van der Waals surface area contributed by atoms with Gasteiger partial charge in [0.25, 0.3) is 0 Å². The third-order valence-electron chi connectivity index (χ3n) is 3.02. The molecule has 1 atom stereocenters. The van der Waals surface area contributed by atoms with Crippen LogP contribution in [0.25, 0.3) is 0 Å². The fraction of sp³-hybridized carbons (Fsp3) is 0.333. The highest BCUT2D eigenvalue weighted by Gasteiger charge is 2.08. The van der Waals surface area contributed by atoms with Gasteiger partial charge in [0.1, 0.15) is 5.76 Å². The zero-order valence-electron chi connectivity index (χ0n) is 10.7. The Morgan fingerprint density at radius 2 is 2.11 bits per heavy atom. The third kappa shape index (κ3) is 3.30. The highest BCUT2D eigenvalue weighted by molar-refractivity contribution is 6.33. The Kier molecular flexibility index (Phi) is 4.32. The average Bonchev–Trinajstić information content (AvgIpc) is 2.84. The molecule has 1 aromatic heterocycles. The molecule has 0 aliphatic heterocycles. The monoisotopic (exact) mass is 263 g/mol. The molecule has 0 spiro atoms. The van der Waals surface area contributed by atoms with Crippen LogP contribution in [0, 0.1) is 6.92 Å². The predicted octanol–water partition coefficient (Wildman–Crippen LogP) is 4.67. The van der Waals surface area contributed by atoms with Crippen molar-refractivity contribution in [2.45, 2.75) is 32.7 Å². The Morgan fingerprint density at radius 1 is 1.28 bits per heavy atom. The number of hydrogen-bond acceptors (Lipinski definition) is 2. The molecule has 0 radical (unpaired) electrons. The summed E-state index contributed by atoms with van der Waals surface area (Å²) in [6.07, 6.45) is 3.66. The van der Waals surface area contributed by atoms with E-state index in [9.17, 15) is 0 Å². The number of aryl methyl sites for hydroxylation is 2. The Hall–Kier alpha value is -1.41. The maximum absolute atomic E-state index is 6.19. The van der Waals surface area contributed by atoms with Crippen LogP contribution in [0.2, 0.25) is 5.02 Å². The van der Waals surface area contributed by atoms with Crippen molar-refractivity contribution in [3.63, 3.8) is 0 Å². The number of rotatable bonds is 5. The summed E-state index contributed by atoms with van der Waals surface area (Å²) < 4.78 is 5.33. The summed E-state index contributed by atoms with van der Waals surface area (Å²) in [6.45, 7) is 4.22. The Balaban J connectivity index is 1.92. The van der Waals surface area contributed by atoms with Gasteiger partial charge in [0.15, 0.2) is 0 Å². The van der Waals surface area contributed by atoms with Gasteiger partial charge in [-0.1, -0.05) is 23.7 Å². The number of anilines is 1. The normalized spacial score (nSPS) is 12.4. The van der Waals surface area contributed by atoms with E-state index in [0.717, 1.165) is 29.3 Å². The minimum atomic E-state index is 0.355. The van der Waals surface area contributed by atoms with Crippen LogP contribution in [0.1, 0.15) is 24.7 Å². The van der Waals surface area contributed by atoms with Crippen LogP contribution in [0.3, 0.4) is 0 Å². The molecule has 2 aromatic rings. The van der Waals surface area contributed by atoms with Crippen LogP contribution in [-0.2, 0) is 6.42 Å². The fourth-order valence-electron chi connectivity index (χ4n) is 1.95. The molecule has 2 rings (SSSR count). The molecular weight excluding hydrogens is 246 g/mol. The highest BCUT2D eigenvalue weighted by atomic mass is 35.5. The second-order valence-electron chi connectivity index (χ2n) is 4.60. The molecule has 1 unspecified atom stereocenters. The highest BCUT2D eigenvalue weighted by Crippen LogP contribution is 2.26. The van der Waals surface area contributed by atoms with Gasteiger partial charge in [0.05, 0.1) is 17.0 Å². The number of benzene rings is 1. The molecule has 3 heteroatoms. The molecule has 1 heterocycles. The van der Waals surface area contributed by atoms with Crippen molar-refractivity contribution in [3.05, 3.63) is 52.9 Å². The van der Waals surface area contributed by atoms with Crippen molar-refractivity contribution >= 4 is 17.3 Å². The van der Waals surface area contributed by atoms with Crippen LogP contribution in [-0.4, -0.2) is 6.04 Å². The quantitative estimate of drug-likeness (QED) is 0.848. The number of para-hydroxylation sites is 1. The Labute approximate surface area is 113 Å². The van der Waals surface area contributed by atoms with Gasteiger partial charge < -0.3 is 9.73 Å². The summed E-state index contributed by atoms with van der Waals surface area (Å²) >= 11 is 6.19. The van der Waals surface area contributed by atoms with Gasteiger partial charge in [-0.3, -0.25) is 0 Å². The van der Waals surface area contributed by atoms with E-state index in [1.54, 1.807) is 6.26 Å². The third-order valence-corrected chi connectivity index (χ3v) is 3.33. The topological polar surface area (TPSA) is 25.2 Å². The molecule has 96 valence electrons. The fourth-order valence-corrected chi connectivity index (χ4v) is 2.22. The van der Waals surface area contributed by atoms with E-state index in [4.69, 9.17) is 16.0 Å². The maximum Gasteiger partial charge on any atom is 0.103 e. The lowest BCUT2D eigenvalue weighted by atomic mass is 10.1. The van der Waals surface area contributed by atoms with Gasteiger partial charge in [-0.05, 0) is 44.0 Å². The first-order valence-corrected chi connectivity index (χ1v) is 6.58. The molecule has 0 aliphatic carbocycles. The molecule has 1 N–H and O–H groups in total. The van der Waals surface area contributed by atoms with Crippen molar-refractivity contribution in [2.24, 2.45) is 0 Å². The van der Waals surface area contributed by atoms with Crippen molar-refractivity contribution in [1.82, 2.24) is 0 Å². The van der Waals surface area contributed by atoms with E-state index in [1.807, 2.05) is 24.3 Å². The van der Waals surface area contributed by atoms with Crippen molar-refractivity contribution in [1.29, 1.82) is 0 Å². The second kappa shape index (κ2) is 5.96. The molecule has 0 saturated carbocycles. The zero-order chi connectivity index (χ0) is 13.0. The number of halogens is 1. The first-order valence-electron chi connectivity index (χ1n) is 6.21. The largest absolute Gasteiger partial charge is 0.469 e. The minimum Gasteiger partial charge on any atom is -0.469 e. The first-order chi connectivity index (χ1) is 8.66. The molecule has 2 nitrogen and oxygen atoms in total. The zero-order valence-corrected chi connectivity index (χ0v) is 11.5. The number of furan rings is 1.